The molecule has 9 heteroatoms. The number of benzene rings is 2. The van der Waals surface area contributed by atoms with Crippen molar-refractivity contribution < 1.29 is 27.1 Å². The Balaban J connectivity index is 1.55. The van der Waals surface area contributed by atoms with E-state index < -0.39 is 10.1 Å². The zero-order valence-corrected chi connectivity index (χ0v) is 17.0. The van der Waals surface area contributed by atoms with Crippen molar-refractivity contribution in [3.05, 3.63) is 42.5 Å². The number of aromatic nitrogens is 2. The Kier molecular flexibility index (Phi) is 6.60. The number of hydrogen-bond acceptors (Lipinski definition) is 5. The number of fused-ring (bicyclic) bond motifs is 2. The second-order valence-electron chi connectivity index (χ2n) is 6.72. The van der Waals surface area contributed by atoms with Crippen LogP contribution in [0.15, 0.2) is 42.5 Å². The Morgan fingerprint density at radius 1 is 1.14 bits per heavy atom. The molecule has 0 aliphatic rings. The van der Waals surface area contributed by atoms with Crippen LogP contribution >= 0.6 is 0 Å². The van der Waals surface area contributed by atoms with Gasteiger partial charge in [-0.3, -0.25) is 9.35 Å². The number of hydrogen-bond donors (Lipinski definition) is 2. The monoisotopic (exact) mass is 418 g/mol. The number of nitrogens with zero attached hydrogens (tertiary/aromatic N) is 2. The van der Waals surface area contributed by atoms with Crippen molar-refractivity contribution in [2.24, 2.45) is 7.05 Å². The molecule has 29 heavy (non-hydrogen) atoms. The maximum absolute atomic E-state index is 11.8. The molecule has 0 spiro atoms. The van der Waals surface area contributed by atoms with E-state index >= 15 is 0 Å². The molecular formula is C20H24N3O5S+. The van der Waals surface area contributed by atoms with Gasteiger partial charge in [0.05, 0.1) is 12.4 Å². The predicted octanol–water partition coefficient (Wildman–Crippen LogP) is 1.77. The first-order chi connectivity index (χ1) is 13.8. The summed E-state index contributed by atoms with van der Waals surface area (Å²) >= 11 is 0. The summed E-state index contributed by atoms with van der Waals surface area (Å²) in [6, 6.07) is 13.7. The highest BCUT2D eigenvalue weighted by Crippen LogP contribution is 2.23. The molecule has 1 amide bonds. The van der Waals surface area contributed by atoms with Crippen molar-refractivity contribution in [2.75, 3.05) is 18.9 Å². The largest absolute Gasteiger partial charge is 0.491 e. The molecule has 0 saturated heterocycles. The van der Waals surface area contributed by atoms with Gasteiger partial charge in [-0.2, -0.15) is 13.0 Å². The van der Waals surface area contributed by atoms with Crippen LogP contribution in [0.4, 0.5) is 0 Å². The van der Waals surface area contributed by atoms with E-state index in [0.717, 1.165) is 22.1 Å². The van der Waals surface area contributed by atoms with Gasteiger partial charge in [0, 0.05) is 25.1 Å². The molecule has 8 nitrogen and oxygen atoms in total. The molecule has 0 aliphatic heterocycles. The first-order valence-electron chi connectivity index (χ1n) is 9.37. The summed E-state index contributed by atoms with van der Waals surface area (Å²) in [7, 11) is -2.00. The van der Waals surface area contributed by atoms with E-state index in [1.54, 1.807) is 0 Å². The Bertz CT molecular complexity index is 1130. The van der Waals surface area contributed by atoms with E-state index in [9.17, 15) is 13.2 Å². The average Bonchev–Trinajstić information content (AvgIpc) is 2.68. The zero-order chi connectivity index (χ0) is 20.9. The van der Waals surface area contributed by atoms with Crippen LogP contribution < -0.4 is 14.6 Å². The normalized spacial score (nSPS) is 11.7. The lowest BCUT2D eigenvalue weighted by atomic mass is 10.2. The highest BCUT2D eigenvalue weighted by Gasteiger charge is 2.16. The molecule has 0 saturated carbocycles. The molecule has 0 aliphatic carbocycles. The Hall–Kier alpha value is -2.78. The average molecular weight is 418 g/mol. The molecule has 2 N–H and O–H groups in total. The number of carbonyl (C=O) groups is 1. The molecule has 3 rings (SSSR count). The fourth-order valence-electron chi connectivity index (χ4n) is 3.09. The highest BCUT2D eigenvalue weighted by atomic mass is 32.2. The second-order valence-corrected chi connectivity index (χ2v) is 8.30. The molecule has 0 bridgehead atoms. The number of carbonyl (C=O) groups excluding carboxylic acids is 1. The molecule has 154 valence electrons. The van der Waals surface area contributed by atoms with E-state index in [1.165, 1.54) is 0 Å². The Morgan fingerprint density at radius 2 is 1.90 bits per heavy atom. The van der Waals surface area contributed by atoms with E-state index in [1.807, 2.05) is 49.5 Å². The van der Waals surface area contributed by atoms with Crippen molar-refractivity contribution in [3.63, 3.8) is 0 Å². The molecule has 0 atom stereocenters. The van der Waals surface area contributed by atoms with Gasteiger partial charge in [-0.1, -0.05) is 18.2 Å². The molecule has 0 unspecified atom stereocenters. The van der Waals surface area contributed by atoms with Gasteiger partial charge < -0.3 is 10.1 Å². The zero-order valence-electron chi connectivity index (χ0n) is 16.2. The minimum Gasteiger partial charge on any atom is -0.491 e. The third-order valence-corrected chi connectivity index (χ3v) is 5.33. The molecule has 2 aromatic carbocycles. The number of rotatable bonds is 9. The summed E-state index contributed by atoms with van der Waals surface area (Å²) in [4.78, 5) is 16.5. The molecule has 1 aromatic heterocycles. The Morgan fingerprint density at radius 3 is 2.69 bits per heavy atom. The fraction of sp³-hybridized carbons (Fsp3) is 0.350. The highest BCUT2D eigenvalue weighted by molar-refractivity contribution is 7.85. The van der Waals surface area contributed by atoms with Crippen LogP contribution in [-0.2, 0) is 22.0 Å². The number of aryl methyl sites for hydroxylation is 1. The lowest BCUT2D eigenvalue weighted by molar-refractivity contribution is -0.617. The second kappa shape index (κ2) is 9.15. The van der Waals surface area contributed by atoms with Gasteiger partial charge in [-0.05, 0) is 25.0 Å². The van der Waals surface area contributed by atoms with Crippen molar-refractivity contribution in [2.45, 2.75) is 19.3 Å². The standard InChI is InChI=1S/C20H23N3O5S/c1-23-16-8-3-2-7-15(16)22-20-17(23)9-4-10-18(20)28-13-5-11-19(24)21-12-6-14-29(25,26)27/h2-4,7-10H,5-6,11-14H2,1H3,(H-,21,24,25,26,27)/p+1. The van der Waals surface area contributed by atoms with E-state index in [2.05, 4.69) is 9.88 Å². The number of amides is 1. The molecule has 3 aromatic rings. The van der Waals surface area contributed by atoms with Crippen LogP contribution in [0.25, 0.3) is 22.1 Å². The van der Waals surface area contributed by atoms with Crippen LogP contribution in [0, 0.1) is 0 Å². The summed E-state index contributed by atoms with van der Waals surface area (Å²) in [5, 5.41) is 2.63. The van der Waals surface area contributed by atoms with Crippen LogP contribution in [0.5, 0.6) is 5.75 Å². The predicted molar refractivity (Wildman–Crippen MR) is 109 cm³/mol. The number of para-hydroxylation sites is 3. The summed E-state index contributed by atoms with van der Waals surface area (Å²) in [6.07, 6.45) is 0.953. The summed E-state index contributed by atoms with van der Waals surface area (Å²) in [6.45, 7) is 0.562. The first-order valence-corrected chi connectivity index (χ1v) is 11.0. The lowest BCUT2D eigenvalue weighted by Gasteiger charge is -2.09. The lowest BCUT2D eigenvalue weighted by Crippen LogP contribution is -2.30. The smallest absolute Gasteiger partial charge is 0.264 e. The molecule has 0 radical (unpaired) electrons. The van der Waals surface area contributed by atoms with Gasteiger partial charge in [-0.15, -0.1) is 0 Å². The van der Waals surface area contributed by atoms with E-state index in [-0.39, 0.29) is 31.0 Å². The molecule has 1 heterocycles. The summed E-state index contributed by atoms with van der Waals surface area (Å²) in [5.41, 5.74) is 3.63. The molecule has 0 fully saturated rings. The van der Waals surface area contributed by atoms with Gasteiger partial charge >= 0.3 is 0 Å². The SMILES string of the molecule is C[n+]1c2ccccc2nc2c(OCCCC(=O)NCCCS(=O)(=O)O)cccc21. The van der Waals surface area contributed by atoms with Gasteiger partial charge in [0.25, 0.3) is 10.1 Å². The number of nitrogens with one attached hydrogen (secondary N) is 1. The fourth-order valence-corrected chi connectivity index (χ4v) is 3.60. The van der Waals surface area contributed by atoms with Crippen LogP contribution in [0.1, 0.15) is 19.3 Å². The maximum atomic E-state index is 11.8. The topological polar surface area (TPSA) is 109 Å². The van der Waals surface area contributed by atoms with Crippen molar-refractivity contribution >= 4 is 38.1 Å². The van der Waals surface area contributed by atoms with Crippen molar-refractivity contribution in [3.8, 4) is 5.75 Å². The summed E-state index contributed by atoms with van der Waals surface area (Å²) < 4.78 is 37.9. The van der Waals surface area contributed by atoms with Crippen molar-refractivity contribution in [1.29, 1.82) is 0 Å². The third-order valence-electron chi connectivity index (χ3n) is 4.52. The van der Waals surface area contributed by atoms with Gasteiger partial charge in [0.15, 0.2) is 11.3 Å². The third kappa shape index (κ3) is 5.61. The summed E-state index contributed by atoms with van der Waals surface area (Å²) in [5.74, 6) is 0.117. The number of ether oxygens (including phenoxy) is 1. The minimum absolute atomic E-state index is 0.174. The quantitative estimate of drug-likeness (QED) is 0.237. The van der Waals surface area contributed by atoms with Gasteiger partial charge in [-0.25, -0.2) is 4.98 Å². The Labute approximate surface area is 169 Å². The maximum Gasteiger partial charge on any atom is 0.264 e. The van der Waals surface area contributed by atoms with Gasteiger partial charge in [0.2, 0.25) is 16.9 Å². The first kappa shape index (κ1) is 20.9. The molecular weight excluding hydrogens is 394 g/mol. The minimum atomic E-state index is -3.99. The van der Waals surface area contributed by atoms with E-state index in [0.29, 0.717) is 18.8 Å². The van der Waals surface area contributed by atoms with Gasteiger partial charge in [0.1, 0.15) is 12.6 Å². The van der Waals surface area contributed by atoms with E-state index in [4.69, 9.17) is 14.3 Å². The van der Waals surface area contributed by atoms with Crippen LogP contribution in [0.3, 0.4) is 0 Å². The van der Waals surface area contributed by atoms with Crippen LogP contribution in [0.2, 0.25) is 0 Å². The van der Waals surface area contributed by atoms with Crippen molar-refractivity contribution in [1.82, 2.24) is 10.3 Å². The van der Waals surface area contributed by atoms with Crippen LogP contribution in [-0.4, -0.2) is 42.8 Å².